The minimum Gasteiger partial charge on any atom is -0.200 e. The van der Waals surface area contributed by atoms with E-state index in [0.29, 0.717) is 0 Å². The van der Waals surface area contributed by atoms with Crippen molar-refractivity contribution in [2.75, 3.05) is 6.26 Å². The van der Waals surface area contributed by atoms with Gasteiger partial charge in [0.1, 0.15) is 6.33 Å². The lowest BCUT2D eigenvalue weighted by atomic mass is 10.2. The highest BCUT2D eigenvalue weighted by Crippen LogP contribution is 2.16. The number of hydrogen-bond donors (Lipinski definition) is 0. The third-order valence-corrected chi connectivity index (χ3v) is 3.75. The summed E-state index contributed by atoms with van der Waals surface area (Å²) in [5.74, 6) is 0.729. The Labute approximate surface area is 127 Å². The number of nitrogens with zero attached hydrogens (tertiary/aromatic N) is 4. The SMILES string of the molecule is CSc1ccc(/C=N\n2cnnc2-c2ccccc2)cc1. The van der Waals surface area contributed by atoms with Gasteiger partial charge in [-0.2, -0.15) is 9.78 Å². The first-order chi connectivity index (χ1) is 10.4. The minimum atomic E-state index is 0.729. The van der Waals surface area contributed by atoms with Crippen molar-refractivity contribution < 1.29 is 0 Å². The molecule has 2 aromatic carbocycles. The molecule has 1 heterocycles. The summed E-state index contributed by atoms with van der Waals surface area (Å²) in [5.41, 5.74) is 2.03. The van der Waals surface area contributed by atoms with E-state index in [9.17, 15) is 0 Å². The van der Waals surface area contributed by atoms with Gasteiger partial charge in [0.15, 0.2) is 5.82 Å². The van der Waals surface area contributed by atoms with Gasteiger partial charge in [0.25, 0.3) is 0 Å². The summed E-state index contributed by atoms with van der Waals surface area (Å²) in [6.45, 7) is 0. The van der Waals surface area contributed by atoms with Gasteiger partial charge in [-0.1, -0.05) is 42.5 Å². The molecule has 0 aliphatic carbocycles. The zero-order valence-corrected chi connectivity index (χ0v) is 12.4. The average molecular weight is 294 g/mol. The average Bonchev–Trinajstić information content (AvgIpc) is 3.03. The molecule has 0 saturated carbocycles. The van der Waals surface area contributed by atoms with Gasteiger partial charge < -0.3 is 0 Å². The molecule has 1 aromatic heterocycles. The predicted molar refractivity (Wildman–Crippen MR) is 86.7 cm³/mol. The Hall–Kier alpha value is -2.40. The van der Waals surface area contributed by atoms with Crippen LogP contribution in [0.3, 0.4) is 0 Å². The molecule has 0 radical (unpaired) electrons. The van der Waals surface area contributed by atoms with Gasteiger partial charge in [0.2, 0.25) is 0 Å². The highest BCUT2D eigenvalue weighted by Gasteiger charge is 2.04. The van der Waals surface area contributed by atoms with E-state index >= 15 is 0 Å². The van der Waals surface area contributed by atoms with Crippen LogP contribution >= 0.6 is 11.8 Å². The standard InChI is InChI=1S/C16H14N4S/c1-21-15-9-7-13(8-10-15)11-18-20-12-17-19-16(20)14-5-3-2-4-6-14/h2-12H,1H3/b18-11-. The first-order valence-corrected chi connectivity index (χ1v) is 7.73. The highest BCUT2D eigenvalue weighted by molar-refractivity contribution is 7.98. The topological polar surface area (TPSA) is 43.1 Å². The van der Waals surface area contributed by atoms with Crippen molar-refractivity contribution in [3.8, 4) is 11.4 Å². The van der Waals surface area contributed by atoms with Gasteiger partial charge in [-0.3, -0.25) is 0 Å². The van der Waals surface area contributed by atoms with Crippen molar-refractivity contribution in [2.45, 2.75) is 4.90 Å². The number of rotatable bonds is 4. The second-order valence-corrected chi connectivity index (χ2v) is 5.26. The zero-order valence-electron chi connectivity index (χ0n) is 11.5. The smallest absolute Gasteiger partial charge is 0.184 e. The fraction of sp³-hybridized carbons (Fsp3) is 0.0625. The van der Waals surface area contributed by atoms with Gasteiger partial charge in [-0.05, 0) is 24.0 Å². The maximum atomic E-state index is 4.43. The monoisotopic (exact) mass is 294 g/mol. The molecule has 0 aliphatic heterocycles. The second-order valence-electron chi connectivity index (χ2n) is 4.38. The fourth-order valence-corrected chi connectivity index (χ4v) is 2.32. The summed E-state index contributed by atoms with van der Waals surface area (Å²) in [5, 5.41) is 12.5. The number of hydrogen-bond acceptors (Lipinski definition) is 4. The van der Waals surface area contributed by atoms with Crippen molar-refractivity contribution >= 4 is 18.0 Å². The second kappa shape index (κ2) is 6.37. The maximum absolute atomic E-state index is 4.43. The Bertz CT molecular complexity index is 732. The van der Waals surface area contributed by atoms with Gasteiger partial charge in [0.05, 0.1) is 6.21 Å². The van der Waals surface area contributed by atoms with E-state index in [1.165, 1.54) is 4.90 Å². The van der Waals surface area contributed by atoms with E-state index in [0.717, 1.165) is 17.0 Å². The van der Waals surface area contributed by atoms with Crippen LogP contribution in [0, 0.1) is 0 Å². The summed E-state index contributed by atoms with van der Waals surface area (Å²) in [6, 6.07) is 18.1. The Morgan fingerprint density at radius 1 is 1.05 bits per heavy atom. The normalized spacial score (nSPS) is 11.1. The lowest BCUT2D eigenvalue weighted by Crippen LogP contribution is -1.93. The van der Waals surface area contributed by atoms with Crippen molar-refractivity contribution in [3.05, 3.63) is 66.5 Å². The van der Waals surface area contributed by atoms with E-state index in [1.807, 2.05) is 42.5 Å². The van der Waals surface area contributed by atoms with E-state index in [-0.39, 0.29) is 0 Å². The molecule has 4 nitrogen and oxygen atoms in total. The molecule has 0 bridgehead atoms. The summed E-state index contributed by atoms with van der Waals surface area (Å²) in [6.07, 6.45) is 5.47. The third kappa shape index (κ3) is 3.20. The number of aromatic nitrogens is 3. The van der Waals surface area contributed by atoms with Crippen LogP contribution in [0.4, 0.5) is 0 Å². The molecule has 0 N–H and O–H groups in total. The Kier molecular flexibility index (Phi) is 4.12. The van der Waals surface area contributed by atoms with Crippen LogP contribution in [0.2, 0.25) is 0 Å². The molecule has 0 atom stereocenters. The fourth-order valence-electron chi connectivity index (χ4n) is 1.91. The van der Waals surface area contributed by atoms with Crippen LogP contribution in [0.5, 0.6) is 0 Å². The van der Waals surface area contributed by atoms with Crippen molar-refractivity contribution in [1.82, 2.24) is 14.9 Å². The largest absolute Gasteiger partial charge is 0.200 e. The molecule has 5 heteroatoms. The molecule has 0 spiro atoms. The predicted octanol–water partition coefficient (Wildman–Crippen LogP) is 3.55. The Balaban J connectivity index is 1.85. The third-order valence-electron chi connectivity index (χ3n) is 3.01. The van der Waals surface area contributed by atoms with Crippen LogP contribution in [-0.2, 0) is 0 Å². The quantitative estimate of drug-likeness (QED) is 0.546. The Morgan fingerprint density at radius 2 is 1.81 bits per heavy atom. The molecule has 0 fully saturated rings. The first-order valence-electron chi connectivity index (χ1n) is 6.50. The molecular weight excluding hydrogens is 280 g/mol. The lowest BCUT2D eigenvalue weighted by Gasteiger charge is -2.00. The summed E-state index contributed by atoms with van der Waals surface area (Å²) >= 11 is 1.72. The summed E-state index contributed by atoms with van der Waals surface area (Å²) in [7, 11) is 0. The maximum Gasteiger partial charge on any atom is 0.184 e. The van der Waals surface area contributed by atoms with Crippen LogP contribution in [0.15, 0.2) is 70.9 Å². The van der Waals surface area contributed by atoms with Gasteiger partial charge in [-0.25, -0.2) is 0 Å². The highest BCUT2D eigenvalue weighted by atomic mass is 32.2. The zero-order chi connectivity index (χ0) is 14.5. The van der Waals surface area contributed by atoms with Gasteiger partial charge in [0, 0.05) is 10.5 Å². The van der Waals surface area contributed by atoms with E-state index in [4.69, 9.17) is 0 Å². The van der Waals surface area contributed by atoms with Crippen molar-refractivity contribution in [1.29, 1.82) is 0 Å². The molecule has 0 unspecified atom stereocenters. The minimum absolute atomic E-state index is 0.729. The van der Waals surface area contributed by atoms with Crippen LogP contribution < -0.4 is 0 Å². The Morgan fingerprint density at radius 3 is 2.52 bits per heavy atom. The first kappa shape index (κ1) is 13.6. The molecule has 0 amide bonds. The van der Waals surface area contributed by atoms with Crippen molar-refractivity contribution in [2.24, 2.45) is 5.10 Å². The van der Waals surface area contributed by atoms with Crippen LogP contribution in [0.1, 0.15) is 5.56 Å². The molecule has 3 rings (SSSR count). The molecule has 21 heavy (non-hydrogen) atoms. The van der Waals surface area contributed by atoms with Crippen LogP contribution in [-0.4, -0.2) is 27.3 Å². The van der Waals surface area contributed by atoms with E-state index in [2.05, 4.69) is 33.7 Å². The summed E-state index contributed by atoms with van der Waals surface area (Å²) < 4.78 is 1.68. The number of thioether (sulfide) groups is 1. The van der Waals surface area contributed by atoms with Gasteiger partial charge in [-0.15, -0.1) is 22.0 Å². The molecule has 3 aromatic rings. The van der Waals surface area contributed by atoms with E-state index < -0.39 is 0 Å². The number of benzene rings is 2. The molecule has 104 valence electrons. The van der Waals surface area contributed by atoms with E-state index in [1.54, 1.807) is 29.0 Å². The summed E-state index contributed by atoms with van der Waals surface area (Å²) in [4.78, 5) is 1.24. The molecule has 0 aliphatic rings. The van der Waals surface area contributed by atoms with Gasteiger partial charge >= 0.3 is 0 Å². The van der Waals surface area contributed by atoms with Crippen molar-refractivity contribution in [3.63, 3.8) is 0 Å². The van der Waals surface area contributed by atoms with Crippen LogP contribution in [0.25, 0.3) is 11.4 Å². The lowest BCUT2D eigenvalue weighted by molar-refractivity contribution is 0.888. The molecular formula is C16H14N4S. The molecule has 0 saturated heterocycles.